The summed E-state index contributed by atoms with van der Waals surface area (Å²) in [5.41, 5.74) is 5.98. The summed E-state index contributed by atoms with van der Waals surface area (Å²) in [5.74, 6) is 0.601. The average Bonchev–Trinajstić information content (AvgIpc) is 2.89. The van der Waals surface area contributed by atoms with Gasteiger partial charge in [-0.1, -0.05) is 0 Å². The zero-order chi connectivity index (χ0) is 13.5. The fraction of sp³-hybridized carbons (Fsp3) is 0.692. The molecule has 114 valence electrons. The lowest BCUT2D eigenvalue weighted by Crippen LogP contribution is -2.27. The summed E-state index contributed by atoms with van der Waals surface area (Å²) in [6.07, 6.45) is 3.97. The monoisotopic (exact) mass is 319 g/mol. The highest BCUT2D eigenvalue weighted by molar-refractivity contribution is 7.09. The zero-order valence-electron chi connectivity index (χ0n) is 11.5. The number of carbonyl (C=O) groups is 1. The van der Waals surface area contributed by atoms with E-state index in [1.54, 1.807) is 5.38 Å². The standard InChI is InChI=1S/C13H21N3O2S.ClH/c14-5-1-12-16-11(9-19-12)13(17)15-6-2-10-3-7-18-8-4-10;/h9-10H,1-8,14H2,(H,15,17);1H. The van der Waals surface area contributed by atoms with Gasteiger partial charge in [-0.25, -0.2) is 4.98 Å². The van der Waals surface area contributed by atoms with Crippen LogP contribution in [0.15, 0.2) is 5.38 Å². The summed E-state index contributed by atoms with van der Waals surface area (Å²) in [4.78, 5) is 16.2. The maximum atomic E-state index is 11.9. The van der Waals surface area contributed by atoms with Crippen LogP contribution in [-0.4, -0.2) is 37.2 Å². The van der Waals surface area contributed by atoms with Crippen LogP contribution in [0.1, 0.15) is 34.8 Å². The second-order valence-corrected chi connectivity index (χ2v) is 5.71. The van der Waals surface area contributed by atoms with Crippen molar-refractivity contribution < 1.29 is 9.53 Å². The Hall–Kier alpha value is -0.690. The lowest BCUT2D eigenvalue weighted by atomic mass is 9.97. The Morgan fingerprint density at radius 2 is 2.25 bits per heavy atom. The Morgan fingerprint density at radius 1 is 1.50 bits per heavy atom. The van der Waals surface area contributed by atoms with Crippen LogP contribution in [0.25, 0.3) is 0 Å². The number of aromatic nitrogens is 1. The summed E-state index contributed by atoms with van der Waals surface area (Å²) in [7, 11) is 0. The van der Waals surface area contributed by atoms with Crippen molar-refractivity contribution in [2.45, 2.75) is 25.7 Å². The normalized spacial score (nSPS) is 15.7. The molecule has 1 aliphatic heterocycles. The highest BCUT2D eigenvalue weighted by Crippen LogP contribution is 2.17. The van der Waals surface area contributed by atoms with Crippen LogP contribution in [0.3, 0.4) is 0 Å². The summed E-state index contributed by atoms with van der Waals surface area (Å²) in [6.45, 7) is 2.99. The first-order valence-electron chi connectivity index (χ1n) is 6.80. The van der Waals surface area contributed by atoms with Crippen molar-refractivity contribution >= 4 is 29.7 Å². The highest BCUT2D eigenvalue weighted by Gasteiger charge is 2.15. The lowest BCUT2D eigenvalue weighted by Gasteiger charge is -2.21. The van der Waals surface area contributed by atoms with Gasteiger partial charge in [-0.2, -0.15) is 0 Å². The van der Waals surface area contributed by atoms with E-state index in [0.29, 0.717) is 24.7 Å². The summed E-state index contributed by atoms with van der Waals surface area (Å²) < 4.78 is 5.32. The fourth-order valence-electron chi connectivity index (χ4n) is 2.17. The number of ether oxygens (including phenoxy) is 1. The molecule has 2 heterocycles. The number of thiazole rings is 1. The molecule has 1 amide bonds. The van der Waals surface area contributed by atoms with Gasteiger partial charge in [0, 0.05) is 31.6 Å². The molecule has 1 aromatic heterocycles. The first-order valence-corrected chi connectivity index (χ1v) is 7.68. The molecule has 0 saturated carbocycles. The van der Waals surface area contributed by atoms with Crippen molar-refractivity contribution in [2.75, 3.05) is 26.3 Å². The molecular formula is C13H22ClN3O2S. The van der Waals surface area contributed by atoms with Gasteiger partial charge in [0.2, 0.25) is 0 Å². The van der Waals surface area contributed by atoms with E-state index in [1.807, 2.05) is 0 Å². The first-order chi connectivity index (χ1) is 9.29. The van der Waals surface area contributed by atoms with Crippen molar-refractivity contribution in [3.8, 4) is 0 Å². The van der Waals surface area contributed by atoms with E-state index < -0.39 is 0 Å². The van der Waals surface area contributed by atoms with Gasteiger partial charge >= 0.3 is 0 Å². The second-order valence-electron chi connectivity index (χ2n) is 4.77. The number of nitrogens with two attached hydrogens (primary N) is 1. The second kappa shape index (κ2) is 9.28. The molecule has 1 aromatic rings. The molecule has 0 bridgehead atoms. The average molecular weight is 320 g/mol. The number of rotatable bonds is 6. The molecule has 1 fully saturated rings. The topological polar surface area (TPSA) is 77.2 Å². The Kier molecular flexibility index (Phi) is 8.06. The van der Waals surface area contributed by atoms with E-state index in [0.717, 1.165) is 43.9 Å². The smallest absolute Gasteiger partial charge is 0.270 e. The van der Waals surface area contributed by atoms with Gasteiger partial charge in [-0.05, 0) is 31.7 Å². The number of nitrogens with zero attached hydrogens (tertiary/aromatic N) is 1. The molecule has 0 atom stereocenters. The van der Waals surface area contributed by atoms with Crippen molar-refractivity contribution in [2.24, 2.45) is 11.7 Å². The minimum atomic E-state index is -0.0772. The molecule has 0 radical (unpaired) electrons. The molecule has 3 N–H and O–H groups in total. The Morgan fingerprint density at radius 3 is 2.95 bits per heavy atom. The van der Waals surface area contributed by atoms with Crippen LogP contribution < -0.4 is 11.1 Å². The molecule has 0 aliphatic carbocycles. The van der Waals surface area contributed by atoms with Crippen LogP contribution in [0, 0.1) is 5.92 Å². The number of nitrogens with one attached hydrogen (secondary N) is 1. The van der Waals surface area contributed by atoms with E-state index in [2.05, 4.69) is 10.3 Å². The maximum absolute atomic E-state index is 11.9. The van der Waals surface area contributed by atoms with Gasteiger partial charge < -0.3 is 15.8 Å². The maximum Gasteiger partial charge on any atom is 0.270 e. The van der Waals surface area contributed by atoms with Gasteiger partial charge in [-0.3, -0.25) is 4.79 Å². The SMILES string of the molecule is Cl.NCCc1nc(C(=O)NCCC2CCOCC2)cs1. The third-order valence-corrected chi connectivity index (χ3v) is 4.23. The minimum Gasteiger partial charge on any atom is -0.381 e. The van der Waals surface area contributed by atoms with Crippen molar-refractivity contribution in [1.82, 2.24) is 10.3 Å². The molecule has 0 spiro atoms. The molecule has 0 unspecified atom stereocenters. The third kappa shape index (κ3) is 5.36. The quantitative estimate of drug-likeness (QED) is 0.835. The van der Waals surface area contributed by atoms with E-state index in [4.69, 9.17) is 10.5 Å². The van der Waals surface area contributed by atoms with Crippen LogP contribution in [0.2, 0.25) is 0 Å². The molecule has 20 heavy (non-hydrogen) atoms. The van der Waals surface area contributed by atoms with E-state index in [1.165, 1.54) is 11.3 Å². The lowest BCUT2D eigenvalue weighted by molar-refractivity contribution is 0.0636. The number of hydrogen-bond donors (Lipinski definition) is 2. The number of carbonyl (C=O) groups excluding carboxylic acids is 1. The highest BCUT2D eigenvalue weighted by atomic mass is 35.5. The van der Waals surface area contributed by atoms with Crippen molar-refractivity contribution in [3.05, 3.63) is 16.1 Å². The largest absolute Gasteiger partial charge is 0.381 e. The van der Waals surface area contributed by atoms with Gasteiger partial charge in [0.15, 0.2) is 0 Å². The van der Waals surface area contributed by atoms with E-state index in [-0.39, 0.29) is 18.3 Å². The molecule has 1 aliphatic rings. The van der Waals surface area contributed by atoms with Crippen LogP contribution in [0.5, 0.6) is 0 Å². The van der Waals surface area contributed by atoms with Crippen LogP contribution >= 0.6 is 23.7 Å². The predicted octanol–water partition coefficient (Wildman–Crippen LogP) is 1.61. The summed E-state index contributed by atoms with van der Waals surface area (Å²) in [5, 5.41) is 5.66. The molecule has 2 rings (SSSR count). The molecule has 7 heteroatoms. The van der Waals surface area contributed by atoms with Gasteiger partial charge in [0.1, 0.15) is 5.69 Å². The first kappa shape index (κ1) is 17.4. The molecule has 0 aromatic carbocycles. The van der Waals surface area contributed by atoms with Crippen molar-refractivity contribution in [3.63, 3.8) is 0 Å². The van der Waals surface area contributed by atoms with Gasteiger partial charge in [-0.15, -0.1) is 23.7 Å². The Bertz CT molecular complexity index is 408. The number of hydrogen-bond acceptors (Lipinski definition) is 5. The fourth-order valence-corrected chi connectivity index (χ4v) is 2.96. The Labute approximate surface area is 129 Å². The van der Waals surface area contributed by atoms with Crippen LogP contribution in [-0.2, 0) is 11.2 Å². The van der Waals surface area contributed by atoms with Crippen LogP contribution in [0.4, 0.5) is 0 Å². The third-order valence-electron chi connectivity index (χ3n) is 3.32. The number of amides is 1. The van der Waals surface area contributed by atoms with Gasteiger partial charge in [0.05, 0.1) is 5.01 Å². The summed E-state index contributed by atoms with van der Waals surface area (Å²) >= 11 is 1.50. The van der Waals surface area contributed by atoms with E-state index >= 15 is 0 Å². The Balaban J connectivity index is 0.00000200. The molecular weight excluding hydrogens is 298 g/mol. The van der Waals surface area contributed by atoms with E-state index in [9.17, 15) is 4.79 Å². The van der Waals surface area contributed by atoms with Crippen molar-refractivity contribution in [1.29, 1.82) is 0 Å². The molecule has 1 saturated heterocycles. The number of halogens is 1. The zero-order valence-corrected chi connectivity index (χ0v) is 13.1. The summed E-state index contributed by atoms with van der Waals surface area (Å²) in [6, 6.07) is 0. The van der Waals surface area contributed by atoms with Gasteiger partial charge in [0.25, 0.3) is 5.91 Å². The molecule has 5 nitrogen and oxygen atoms in total. The minimum absolute atomic E-state index is 0. The predicted molar refractivity (Wildman–Crippen MR) is 82.6 cm³/mol.